The van der Waals surface area contributed by atoms with Crippen molar-refractivity contribution in [3.05, 3.63) is 56.9 Å². The van der Waals surface area contributed by atoms with Gasteiger partial charge in [-0.15, -0.1) is 0 Å². The number of nitrogens with zero attached hydrogens (tertiary/aromatic N) is 2. The van der Waals surface area contributed by atoms with E-state index < -0.39 is 11.2 Å². The van der Waals surface area contributed by atoms with Gasteiger partial charge in [0.25, 0.3) is 5.56 Å². The number of carbonyl (C=O) groups is 1. The summed E-state index contributed by atoms with van der Waals surface area (Å²) < 4.78 is 0.955. The third-order valence-electron chi connectivity index (χ3n) is 2.98. The molecule has 0 saturated heterocycles. The number of carbonyl (C=O) groups excluding carboxylic acids is 1. The van der Waals surface area contributed by atoms with Gasteiger partial charge in [-0.3, -0.25) is 9.59 Å². The van der Waals surface area contributed by atoms with Crippen LogP contribution in [0.15, 0.2) is 40.1 Å². The number of rotatable bonds is 3. The second-order valence-corrected chi connectivity index (χ2v) is 4.62. The van der Waals surface area contributed by atoms with Gasteiger partial charge in [0, 0.05) is 26.0 Å². The molecular weight excluding hydrogens is 258 g/mol. The molecule has 0 spiro atoms. The van der Waals surface area contributed by atoms with E-state index in [2.05, 4.69) is 4.98 Å². The van der Waals surface area contributed by atoms with Crippen molar-refractivity contribution in [2.75, 3.05) is 19.0 Å². The lowest BCUT2D eigenvalue weighted by atomic mass is 10.2. The normalized spacial score (nSPS) is 10.3. The number of nitrogens with one attached hydrogen (secondary N) is 1. The van der Waals surface area contributed by atoms with E-state index in [0.717, 1.165) is 16.5 Å². The van der Waals surface area contributed by atoms with Crippen molar-refractivity contribution in [2.45, 2.75) is 6.92 Å². The van der Waals surface area contributed by atoms with Crippen molar-refractivity contribution in [2.24, 2.45) is 0 Å². The molecule has 1 aromatic heterocycles. The van der Waals surface area contributed by atoms with Gasteiger partial charge in [0.2, 0.25) is 0 Å². The zero-order valence-electron chi connectivity index (χ0n) is 11.5. The average Bonchev–Trinajstić information content (AvgIpc) is 2.38. The van der Waals surface area contributed by atoms with Crippen molar-refractivity contribution < 1.29 is 4.79 Å². The van der Waals surface area contributed by atoms with E-state index in [-0.39, 0.29) is 11.3 Å². The van der Waals surface area contributed by atoms with Gasteiger partial charge in [-0.25, -0.2) is 9.36 Å². The second-order valence-electron chi connectivity index (χ2n) is 4.62. The first-order valence-electron chi connectivity index (χ1n) is 6.05. The highest BCUT2D eigenvalue weighted by Crippen LogP contribution is 2.13. The molecule has 0 atom stereocenters. The van der Waals surface area contributed by atoms with Gasteiger partial charge in [0.1, 0.15) is 0 Å². The van der Waals surface area contributed by atoms with E-state index in [9.17, 15) is 14.4 Å². The molecule has 1 aromatic carbocycles. The Labute approximate surface area is 115 Å². The number of Topliss-reactive ketones (excluding diaryl/α,β-unsaturated/α-hetero) is 1. The van der Waals surface area contributed by atoms with Crippen LogP contribution in [0, 0.1) is 0 Å². The highest BCUT2D eigenvalue weighted by atomic mass is 16.2. The van der Waals surface area contributed by atoms with E-state index in [1.807, 2.05) is 19.0 Å². The van der Waals surface area contributed by atoms with E-state index >= 15 is 0 Å². The fourth-order valence-corrected chi connectivity index (χ4v) is 1.86. The van der Waals surface area contributed by atoms with E-state index in [4.69, 9.17) is 0 Å². The molecule has 0 aliphatic carbocycles. The van der Waals surface area contributed by atoms with Crippen LogP contribution < -0.4 is 16.1 Å². The Balaban J connectivity index is 2.63. The maximum atomic E-state index is 12.2. The molecule has 104 valence electrons. The molecule has 2 rings (SSSR count). The molecular formula is C14H15N3O3. The smallest absolute Gasteiger partial charge is 0.333 e. The summed E-state index contributed by atoms with van der Waals surface area (Å²) in [6, 6.07) is 6.91. The minimum atomic E-state index is -0.612. The molecule has 0 aliphatic rings. The molecule has 0 saturated carbocycles. The average molecular weight is 273 g/mol. The van der Waals surface area contributed by atoms with Gasteiger partial charge < -0.3 is 9.88 Å². The molecule has 20 heavy (non-hydrogen) atoms. The fourth-order valence-electron chi connectivity index (χ4n) is 1.86. The highest BCUT2D eigenvalue weighted by molar-refractivity contribution is 5.93. The minimum absolute atomic E-state index is 0.0405. The van der Waals surface area contributed by atoms with Crippen LogP contribution in [-0.2, 0) is 0 Å². The molecule has 0 fully saturated rings. The zero-order chi connectivity index (χ0) is 14.9. The van der Waals surface area contributed by atoms with E-state index in [1.54, 1.807) is 24.3 Å². The number of aromatic amines is 1. The molecule has 0 radical (unpaired) electrons. The lowest BCUT2D eigenvalue weighted by Crippen LogP contribution is -2.36. The van der Waals surface area contributed by atoms with Gasteiger partial charge in [-0.2, -0.15) is 0 Å². The van der Waals surface area contributed by atoms with Gasteiger partial charge in [-0.1, -0.05) is 0 Å². The third kappa shape index (κ3) is 2.40. The fraction of sp³-hybridized carbons (Fsp3) is 0.214. The summed E-state index contributed by atoms with van der Waals surface area (Å²) in [7, 11) is 3.79. The van der Waals surface area contributed by atoms with Gasteiger partial charge in [0.15, 0.2) is 5.78 Å². The number of H-pyrrole nitrogens is 1. The Morgan fingerprint density at radius 3 is 2.25 bits per heavy atom. The summed E-state index contributed by atoms with van der Waals surface area (Å²) in [6.45, 7) is 1.29. The first kappa shape index (κ1) is 13.8. The monoisotopic (exact) mass is 273 g/mol. The summed E-state index contributed by atoms with van der Waals surface area (Å²) >= 11 is 0. The van der Waals surface area contributed by atoms with Crippen LogP contribution in [0.25, 0.3) is 5.69 Å². The molecule has 6 heteroatoms. The van der Waals surface area contributed by atoms with Crippen molar-refractivity contribution in [1.82, 2.24) is 9.55 Å². The molecule has 0 unspecified atom stereocenters. The first-order chi connectivity index (χ1) is 9.41. The van der Waals surface area contributed by atoms with Gasteiger partial charge in [0.05, 0.1) is 11.3 Å². The molecule has 1 heterocycles. The minimum Gasteiger partial charge on any atom is -0.378 e. The summed E-state index contributed by atoms with van der Waals surface area (Å²) in [4.78, 5) is 39.7. The maximum absolute atomic E-state index is 12.2. The zero-order valence-corrected chi connectivity index (χ0v) is 11.5. The lowest BCUT2D eigenvalue weighted by molar-refractivity contribution is 0.101. The summed E-state index contributed by atoms with van der Waals surface area (Å²) in [6.07, 6.45) is 1.15. The molecule has 6 nitrogen and oxygen atoms in total. The van der Waals surface area contributed by atoms with Crippen LogP contribution in [0.2, 0.25) is 0 Å². The van der Waals surface area contributed by atoms with Crippen LogP contribution >= 0.6 is 0 Å². The van der Waals surface area contributed by atoms with Gasteiger partial charge >= 0.3 is 5.69 Å². The quantitative estimate of drug-likeness (QED) is 0.839. The van der Waals surface area contributed by atoms with Crippen LogP contribution in [-0.4, -0.2) is 29.4 Å². The summed E-state index contributed by atoms with van der Waals surface area (Å²) in [5.74, 6) is -0.384. The van der Waals surface area contributed by atoms with Crippen LogP contribution in [0.5, 0.6) is 0 Å². The molecule has 0 bridgehead atoms. The lowest BCUT2D eigenvalue weighted by Gasteiger charge is -2.13. The molecule has 1 N–H and O–H groups in total. The second kappa shape index (κ2) is 5.16. The van der Waals surface area contributed by atoms with Crippen LogP contribution in [0.3, 0.4) is 0 Å². The SMILES string of the molecule is CC(=O)c1c[nH]c(=O)n(-c2ccc(N(C)C)cc2)c1=O. The topological polar surface area (TPSA) is 75.2 Å². The Morgan fingerprint density at radius 2 is 1.75 bits per heavy atom. The van der Waals surface area contributed by atoms with Crippen LogP contribution in [0.4, 0.5) is 5.69 Å². The Morgan fingerprint density at radius 1 is 1.15 bits per heavy atom. The predicted molar refractivity (Wildman–Crippen MR) is 77.0 cm³/mol. The van der Waals surface area contributed by atoms with Crippen molar-refractivity contribution >= 4 is 11.5 Å². The predicted octanol–water partition coefficient (Wildman–Crippen LogP) is 0.794. The maximum Gasteiger partial charge on any atom is 0.333 e. The highest BCUT2D eigenvalue weighted by Gasteiger charge is 2.12. The Bertz CT molecular complexity index is 754. The largest absolute Gasteiger partial charge is 0.378 e. The molecule has 2 aromatic rings. The first-order valence-corrected chi connectivity index (χ1v) is 6.05. The number of anilines is 1. The summed E-state index contributed by atoms with van der Waals surface area (Å²) in [5, 5.41) is 0. The molecule has 0 aliphatic heterocycles. The number of ketones is 1. The number of benzene rings is 1. The van der Waals surface area contributed by atoms with Gasteiger partial charge in [-0.05, 0) is 31.2 Å². The van der Waals surface area contributed by atoms with Crippen molar-refractivity contribution in [3.8, 4) is 5.69 Å². The number of hydrogen-bond acceptors (Lipinski definition) is 4. The van der Waals surface area contributed by atoms with Crippen molar-refractivity contribution in [3.63, 3.8) is 0 Å². The van der Waals surface area contributed by atoms with Crippen molar-refractivity contribution in [1.29, 1.82) is 0 Å². The number of hydrogen-bond donors (Lipinski definition) is 1. The standard InChI is InChI=1S/C14H15N3O3/c1-9(18)12-8-15-14(20)17(13(12)19)11-6-4-10(5-7-11)16(2)3/h4-8H,1-3H3,(H,15,20). The summed E-state index contributed by atoms with van der Waals surface area (Å²) in [5.41, 5.74) is 0.142. The molecule has 0 amide bonds. The van der Waals surface area contributed by atoms with E-state index in [0.29, 0.717) is 5.69 Å². The Hall–Kier alpha value is -2.63. The Kier molecular flexibility index (Phi) is 3.56. The van der Waals surface area contributed by atoms with E-state index in [1.165, 1.54) is 6.92 Å². The number of aromatic nitrogens is 2. The van der Waals surface area contributed by atoms with Crippen LogP contribution in [0.1, 0.15) is 17.3 Å². The third-order valence-corrected chi connectivity index (χ3v) is 2.98.